The van der Waals surface area contributed by atoms with Crippen molar-refractivity contribution < 1.29 is 17.6 Å². The highest BCUT2D eigenvalue weighted by Crippen LogP contribution is 2.30. The van der Waals surface area contributed by atoms with Gasteiger partial charge in [0, 0.05) is 24.0 Å². The molecule has 0 aliphatic rings. The molecule has 0 saturated carbocycles. The fraction of sp³-hybridized carbons (Fsp3) is 0.143. The number of hydrogen-bond donors (Lipinski definition) is 2. The van der Waals surface area contributed by atoms with E-state index in [4.69, 9.17) is 11.1 Å². The first-order valence-electron chi connectivity index (χ1n) is 5.77. The number of nitrogen functional groups attached to an aromatic ring is 1. The summed E-state index contributed by atoms with van der Waals surface area (Å²) in [7, 11) is 0. The first kappa shape index (κ1) is 16.6. The minimum atomic E-state index is -4.57. The molecular formula is C14H13F4N3. The molecule has 0 aliphatic carbocycles. The number of pyridine rings is 1. The van der Waals surface area contributed by atoms with Gasteiger partial charge < -0.3 is 11.1 Å². The number of aromatic nitrogens is 1. The van der Waals surface area contributed by atoms with Crippen molar-refractivity contribution in [3.8, 4) is 0 Å². The molecular weight excluding hydrogens is 286 g/mol. The second-order valence-electron chi connectivity index (χ2n) is 4.10. The number of anilines is 1. The van der Waals surface area contributed by atoms with Crippen LogP contribution in [0.3, 0.4) is 0 Å². The molecule has 1 heterocycles. The zero-order chi connectivity index (χ0) is 16.0. The Bertz CT molecular complexity index is 611. The maximum atomic E-state index is 13.2. The van der Waals surface area contributed by atoms with Gasteiger partial charge in [0.2, 0.25) is 0 Å². The Kier molecular flexibility index (Phi) is 5.40. The van der Waals surface area contributed by atoms with Crippen LogP contribution >= 0.6 is 0 Å². The summed E-state index contributed by atoms with van der Waals surface area (Å²) in [4.78, 5) is 3.97. The number of alkyl halides is 3. The number of nitrogens with one attached hydrogen (secondary N) is 1. The maximum absolute atomic E-state index is 13.2. The van der Waals surface area contributed by atoms with Gasteiger partial charge in [-0.1, -0.05) is 0 Å². The van der Waals surface area contributed by atoms with Crippen molar-refractivity contribution in [2.24, 2.45) is 0 Å². The summed E-state index contributed by atoms with van der Waals surface area (Å²) >= 11 is 0. The fourth-order valence-corrected chi connectivity index (χ4v) is 1.72. The standard InChI is InChI=1S/C13H10F4N2.CH3N/c14-10-4-8(3-9(6-10)13(15,16)17)5-12-7-11(18)1-2-19-12;1-2/h1-4,6-7H,5H2,(H2,18,19);2H,1H2. The summed E-state index contributed by atoms with van der Waals surface area (Å²) in [6, 6.07) is 5.54. The van der Waals surface area contributed by atoms with E-state index in [1.807, 2.05) is 0 Å². The Hall–Kier alpha value is -2.44. The lowest BCUT2D eigenvalue weighted by Crippen LogP contribution is -2.07. The van der Waals surface area contributed by atoms with E-state index in [-0.39, 0.29) is 12.0 Å². The second-order valence-corrected chi connectivity index (χ2v) is 4.10. The number of halogens is 4. The van der Waals surface area contributed by atoms with Crippen LogP contribution in [0.25, 0.3) is 0 Å². The molecule has 0 spiro atoms. The summed E-state index contributed by atoms with van der Waals surface area (Å²) in [6.45, 7) is 2.50. The molecule has 0 saturated heterocycles. The zero-order valence-corrected chi connectivity index (χ0v) is 10.9. The highest BCUT2D eigenvalue weighted by Gasteiger charge is 2.31. The predicted molar refractivity (Wildman–Crippen MR) is 72.7 cm³/mol. The first-order chi connectivity index (χ1) is 9.84. The van der Waals surface area contributed by atoms with E-state index >= 15 is 0 Å². The first-order valence-corrected chi connectivity index (χ1v) is 5.77. The van der Waals surface area contributed by atoms with Gasteiger partial charge in [0.05, 0.1) is 5.56 Å². The lowest BCUT2D eigenvalue weighted by Gasteiger charge is -2.09. The van der Waals surface area contributed by atoms with E-state index in [0.717, 1.165) is 12.1 Å². The van der Waals surface area contributed by atoms with Crippen LogP contribution in [0, 0.1) is 11.2 Å². The summed E-state index contributed by atoms with van der Waals surface area (Å²) in [5.41, 5.74) is 5.68. The molecule has 0 aliphatic heterocycles. The third-order valence-electron chi connectivity index (χ3n) is 2.51. The molecule has 21 heavy (non-hydrogen) atoms. The van der Waals surface area contributed by atoms with Crippen LogP contribution in [-0.2, 0) is 12.6 Å². The topological polar surface area (TPSA) is 62.8 Å². The molecule has 3 nitrogen and oxygen atoms in total. The smallest absolute Gasteiger partial charge is 0.399 e. The van der Waals surface area contributed by atoms with E-state index in [9.17, 15) is 17.6 Å². The quantitative estimate of drug-likeness (QED) is 0.656. The summed E-state index contributed by atoms with van der Waals surface area (Å²) in [5.74, 6) is -0.922. The third-order valence-corrected chi connectivity index (χ3v) is 2.51. The Balaban J connectivity index is 0.00000106. The van der Waals surface area contributed by atoms with Crippen LogP contribution in [0.4, 0.5) is 23.2 Å². The molecule has 1 aromatic carbocycles. The van der Waals surface area contributed by atoms with E-state index < -0.39 is 17.6 Å². The molecule has 1 aromatic heterocycles. The Morgan fingerprint density at radius 3 is 2.38 bits per heavy atom. The van der Waals surface area contributed by atoms with Crippen LogP contribution in [0.2, 0.25) is 0 Å². The minimum Gasteiger partial charge on any atom is -0.399 e. The van der Waals surface area contributed by atoms with Crippen molar-refractivity contribution in [1.82, 2.24) is 4.98 Å². The number of rotatable bonds is 2. The van der Waals surface area contributed by atoms with Crippen LogP contribution in [0.5, 0.6) is 0 Å². The van der Waals surface area contributed by atoms with Gasteiger partial charge in [-0.05, 0) is 42.6 Å². The van der Waals surface area contributed by atoms with Gasteiger partial charge in [0.1, 0.15) is 5.82 Å². The Morgan fingerprint density at radius 2 is 1.81 bits per heavy atom. The van der Waals surface area contributed by atoms with Gasteiger partial charge in [0.15, 0.2) is 0 Å². The molecule has 0 radical (unpaired) electrons. The van der Waals surface area contributed by atoms with Crippen molar-refractivity contribution in [3.05, 3.63) is 59.2 Å². The average Bonchev–Trinajstić information content (AvgIpc) is 2.39. The molecule has 0 amide bonds. The fourth-order valence-electron chi connectivity index (χ4n) is 1.72. The SMILES string of the molecule is C=N.Nc1ccnc(Cc2cc(F)cc(C(F)(F)F)c2)c1. The van der Waals surface area contributed by atoms with Crippen molar-refractivity contribution in [2.75, 3.05) is 5.73 Å². The molecule has 3 N–H and O–H groups in total. The van der Waals surface area contributed by atoms with Crippen LogP contribution in [0.15, 0.2) is 36.5 Å². The van der Waals surface area contributed by atoms with Crippen LogP contribution < -0.4 is 5.73 Å². The third kappa shape index (κ3) is 4.87. The molecule has 2 aromatic rings. The normalized spacial score (nSPS) is 10.7. The average molecular weight is 299 g/mol. The maximum Gasteiger partial charge on any atom is 0.416 e. The molecule has 2 rings (SSSR count). The van der Waals surface area contributed by atoms with Gasteiger partial charge >= 0.3 is 6.18 Å². The number of nitrogens with two attached hydrogens (primary N) is 1. The highest BCUT2D eigenvalue weighted by molar-refractivity contribution is 5.39. The number of benzene rings is 1. The van der Waals surface area contributed by atoms with Gasteiger partial charge in [-0.15, -0.1) is 0 Å². The molecule has 112 valence electrons. The summed E-state index contributed by atoms with van der Waals surface area (Å²) < 4.78 is 50.8. The molecule has 0 unspecified atom stereocenters. The van der Waals surface area contributed by atoms with Gasteiger partial charge in [-0.2, -0.15) is 13.2 Å². The van der Waals surface area contributed by atoms with E-state index in [2.05, 4.69) is 11.7 Å². The van der Waals surface area contributed by atoms with Crippen molar-refractivity contribution >= 4 is 12.4 Å². The zero-order valence-electron chi connectivity index (χ0n) is 10.9. The second kappa shape index (κ2) is 6.83. The van der Waals surface area contributed by atoms with Crippen molar-refractivity contribution in [3.63, 3.8) is 0 Å². The van der Waals surface area contributed by atoms with Crippen molar-refractivity contribution in [2.45, 2.75) is 12.6 Å². The summed E-state index contributed by atoms with van der Waals surface area (Å²) in [5, 5.41) is 5.50. The number of nitrogens with zero attached hydrogens (tertiary/aromatic N) is 1. The monoisotopic (exact) mass is 299 g/mol. The summed E-state index contributed by atoms with van der Waals surface area (Å²) in [6.07, 6.45) is -3.03. The Morgan fingerprint density at radius 1 is 1.14 bits per heavy atom. The predicted octanol–water partition coefficient (Wildman–Crippen LogP) is 3.68. The van der Waals surface area contributed by atoms with E-state index in [1.54, 1.807) is 6.07 Å². The van der Waals surface area contributed by atoms with Gasteiger partial charge in [-0.3, -0.25) is 4.98 Å². The minimum absolute atomic E-state index is 0.0892. The lowest BCUT2D eigenvalue weighted by molar-refractivity contribution is -0.137. The molecule has 7 heteroatoms. The van der Waals surface area contributed by atoms with Crippen molar-refractivity contribution in [1.29, 1.82) is 5.41 Å². The lowest BCUT2D eigenvalue weighted by atomic mass is 10.1. The van der Waals surface area contributed by atoms with Crippen LogP contribution in [-0.4, -0.2) is 11.7 Å². The van der Waals surface area contributed by atoms with Gasteiger partial charge in [-0.25, -0.2) is 4.39 Å². The Labute approximate surface area is 118 Å². The molecule has 0 atom stereocenters. The molecule has 0 fully saturated rings. The van der Waals surface area contributed by atoms with E-state index in [1.165, 1.54) is 12.3 Å². The largest absolute Gasteiger partial charge is 0.416 e. The van der Waals surface area contributed by atoms with Crippen LogP contribution in [0.1, 0.15) is 16.8 Å². The highest BCUT2D eigenvalue weighted by atomic mass is 19.4. The van der Waals surface area contributed by atoms with Gasteiger partial charge in [0.25, 0.3) is 0 Å². The molecule has 0 bridgehead atoms. The number of hydrogen-bond acceptors (Lipinski definition) is 3. The van der Waals surface area contributed by atoms with E-state index in [0.29, 0.717) is 17.4 Å².